The maximum atomic E-state index is 13.0. The monoisotopic (exact) mass is 388 g/mol. The van der Waals surface area contributed by atoms with Crippen LogP contribution in [-0.2, 0) is 9.53 Å². The summed E-state index contributed by atoms with van der Waals surface area (Å²) in [4.78, 5) is 13.0. The molecule has 0 bridgehead atoms. The van der Waals surface area contributed by atoms with Gasteiger partial charge in [0.15, 0.2) is 0 Å². The molecule has 0 aromatic rings. The van der Waals surface area contributed by atoms with E-state index in [1.807, 2.05) is 0 Å². The fourth-order valence-corrected chi connectivity index (χ4v) is 9.08. The number of carbonyl (C=O) groups excluding carboxylic acids is 1. The van der Waals surface area contributed by atoms with Gasteiger partial charge in [0.05, 0.1) is 5.60 Å². The lowest BCUT2D eigenvalue weighted by Crippen LogP contribution is -2.62. The van der Waals surface area contributed by atoms with E-state index in [1.165, 1.54) is 19.3 Å². The summed E-state index contributed by atoms with van der Waals surface area (Å²) >= 11 is 0. The van der Waals surface area contributed by atoms with Gasteiger partial charge in [0.25, 0.3) is 0 Å². The van der Waals surface area contributed by atoms with Gasteiger partial charge in [0.2, 0.25) is 0 Å². The molecular weight excluding hydrogens is 348 g/mol. The SMILES string of the molecule is CC(C)C1C(=O)CC2(C)CC3C(C)CCC4C(C)CCC45OC5(C)C3(O)CC12. The molecule has 5 aliphatic rings. The first-order valence-electron chi connectivity index (χ1n) is 11.9. The Hall–Kier alpha value is -0.410. The molecule has 4 saturated carbocycles. The molecule has 10 atom stereocenters. The number of aliphatic hydroxyl groups is 1. The highest BCUT2D eigenvalue weighted by Gasteiger charge is 2.82. The summed E-state index contributed by atoms with van der Waals surface area (Å²) in [6.07, 6.45) is 7.20. The summed E-state index contributed by atoms with van der Waals surface area (Å²) in [5.41, 5.74) is -1.28. The van der Waals surface area contributed by atoms with Gasteiger partial charge in [0.1, 0.15) is 17.0 Å². The van der Waals surface area contributed by atoms with E-state index >= 15 is 0 Å². The molecule has 1 aliphatic heterocycles. The van der Waals surface area contributed by atoms with Gasteiger partial charge in [-0.15, -0.1) is 0 Å². The third kappa shape index (κ3) is 2.11. The van der Waals surface area contributed by atoms with Crippen LogP contribution in [0.5, 0.6) is 0 Å². The lowest BCUT2D eigenvalue weighted by Gasteiger charge is -2.56. The zero-order valence-electron chi connectivity index (χ0n) is 18.8. The van der Waals surface area contributed by atoms with E-state index in [0.29, 0.717) is 41.8 Å². The summed E-state index contributed by atoms with van der Waals surface area (Å²) < 4.78 is 6.70. The van der Waals surface area contributed by atoms with E-state index in [2.05, 4.69) is 41.5 Å². The minimum atomic E-state index is -0.795. The van der Waals surface area contributed by atoms with Crippen molar-refractivity contribution in [3.8, 4) is 0 Å². The number of ether oxygens (including phenoxy) is 1. The van der Waals surface area contributed by atoms with Crippen molar-refractivity contribution < 1.29 is 14.6 Å². The predicted octanol–water partition coefficient (Wildman–Crippen LogP) is 5.00. The number of Topliss-reactive ketones (excluding diaryl/α,β-unsaturated/α-hetero) is 1. The Kier molecular flexibility index (Phi) is 3.93. The molecule has 10 unspecified atom stereocenters. The second-order valence-corrected chi connectivity index (χ2v) is 12.3. The number of fused-ring (bicyclic) bond motifs is 3. The lowest BCUT2D eigenvalue weighted by atomic mass is 9.49. The number of hydrogen-bond donors (Lipinski definition) is 1. The largest absolute Gasteiger partial charge is 0.386 e. The fourth-order valence-electron chi connectivity index (χ4n) is 9.08. The highest BCUT2D eigenvalue weighted by Crippen LogP contribution is 2.74. The zero-order chi connectivity index (χ0) is 20.3. The van der Waals surface area contributed by atoms with Gasteiger partial charge >= 0.3 is 0 Å². The molecule has 4 aliphatic carbocycles. The van der Waals surface area contributed by atoms with Crippen molar-refractivity contribution in [1.82, 2.24) is 0 Å². The van der Waals surface area contributed by atoms with Crippen LogP contribution in [0, 0.1) is 46.8 Å². The summed E-state index contributed by atoms with van der Waals surface area (Å²) in [6, 6.07) is 0. The van der Waals surface area contributed by atoms with E-state index in [0.717, 1.165) is 19.3 Å². The molecule has 0 aromatic carbocycles. The molecule has 0 amide bonds. The number of carbonyl (C=O) groups is 1. The smallest absolute Gasteiger partial charge is 0.137 e. The first kappa shape index (κ1) is 19.5. The van der Waals surface area contributed by atoms with Gasteiger partial charge in [0, 0.05) is 12.3 Å². The highest BCUT2D eigenvalue weighted by molar-refractivity contribution is 5.85. The van der Waals surface area contributed by atoms with Gasteiger partial charge in [-0.3, -0.25) is 4.79 Å². The quantitative estimate of drug-likeness (QED) is 0.643. The third-order valence-electron chi connectivity index (χ3n) is 10.7. The lowest BCUT2D eigenvalue weighted by molar-refractivity contribution is -0.168. The molecule has 0 aromatic heterocycles. The minimum absolute atomic E-state index is 0.0527. The molecule has 1 heterocycles. The topological polar surface area (TPSA) is 49.8 Å². The molecule has 1 N–H and O–H groups in total. The van der Waals surface area contributed by atoms with Gasteiger partial charge in [-0.05, 0) is 86.4 Å². The normalized spacial score (nSPS) is 60.5. The van der Waals surface area contributed by atoms with Crippen LogP contribution >= 0.6 is 0 Å². The maximum Gasteiger partial charge on any atom is 0.137 e. The van der Waals surface area contributed by atoms with E-state index in [-0.39, 0.29) is 22.9 Å². The van der Waals surface area contributed by atoms with E-state index in [4.69, 9.17) is 4.74 Å². The molecule has 5 rings (SSSR count). The Labute approximate surface area is 171 Å². The molecule has 3 nitrogen and oxygen atoms in total. The van der Waals surface area contributed by atoms with Crippen molar-refractivity contribution in [2.45, 2.75) is 103 Å². The van der Waals surface area contributed by atoms with Gasteiger partial charge in [-0.1, -0.05) is 34.6 Å². The Bertz CT molecular complexity index is 702. The second kappa shape index (κ2) is 5.63. The van der Waals surface area contributed by atoms with Crippen LogP contribution in [0.2, 0.25) is 0 Å². The van der Waals surface area contributed by atoms with Crippen LogP contribution in [0.15, 0.2) is 0 Å². The highest BCUT2D eigenvalue weighted by atomic mass is 16.6. The third-order valence-corrected chi connectivity index (χ3v) is 10.7. The van der Waals surface area contributed by atoms with Crippen molar-refractivity contribution in [2.24, 2.45) is 46.8 Å². The standard InChI is InChI=1S/C25H40O3/c1-14(2)21-19-12-24(27)18(11-22(19,5)13-20(21)26)15(3)7-8-17-16(4)9-10-25(17)23(24,6)28-25/h14-19,21,27H,7-13H2,1-6H3. The summed E-state index contributed by atoms with van der Waals surface area (Å²) in [7, 11) is 0. The van der Waals surface area contributed by atoms with Crippen LogP contribution in [0.25, 0.3) is 0 Å². The number of epoxide rings is 1. The van der Waals surface area contributed by atoms with Gasteiger partial charge in [-0.25, -0.2) is 0 Å². The van der Waals surface area contributed by atoms with Crippen LogP contribution < -0.4 is 0 Å². The molecule has 158 valence electrons. The number of hydrogen-bond acceptors (Lipinski definition) is 3. The van der Waals surface area contributed by atoms with Gasteiger partial charge in [-0.2, -0.15) is 0 Å². The number of ketones is 1. The van der Waals surface area contributed by atoms with E-state index in [9.17, 15) is 9.90 Å². The molecule has 28 heavy (non-hydrogen) atoms. The molecule has 0 radical (unpaired) electrons. The minimum Gasteiger partial charge on any atom is -0.386 e. The Balaban J connectivity index is 1.58. The predicted molar refractivity (Wildman–Crippen MR) is 110 cm³/mol. The van der Waals surface area contributed by atoms with Gasteiger partial charge < -0.3 is 9.84 Å². The molecule has 1 spiro atoms. The molecule has 5 fully saturated rings. The Morgan fingerprint density at radius 3 is 2.36 bits per heavy atom. The fraction of sp³-hybridized carbons (Fsp3) is 0.960. The Morgan fingerprint density at radius 2 is 1.68 bits per heavy atom. The first-order valence-corrected chi connectivity index (χ1v) is 11.9. The average Bonchev–Trinajstić information content (AvgIpc) is 2.95. The average molecular weight is 389 g/mol. The summed E-state index contributed by atoms with van der Waals surface area (Å²) in [6.45, 7) is 13.7. The molecular formula is C25H40O3. The molecule has 3 heteroatoms. The zero-order valence-corrected chi connectivity index (χ0v) is 18.8. The Morgan fingerprint density at radius 1 is 1.00 bits per heavy atom. The second-order valence-electron chi connectivity index (χ2n) is 12.3. The van der Waals surface area contributed by atoms with Crippen molar-refractivity contribution >= 4 is 5.78 Å². The van der Waals surface area contributed by atoms with Crippen molar-refractivity contribution in [1.29, 1.82) is 0 Å². The van der Waals surface area contributed by atoms with Crippen LogP contribution in [0.3, 0.4) is 0 Å². The maximum absolute atomic E-state index is 13.0. The van der Waals surface area contributed by atoms with Crippen LogP contribution in [-0.4, -0.2) is 27.7 Å². The van der Waals surface area contributed by atoms with Crippen LogP contribution in [0.1, 0.15) is 86.5 Å². The first-order chi connectivity index (χ1) is 13.0. The van der Waals surface area contributed by atoms with Crippen molar-refractivity contribution in [3.05, 3.63) is 0 Å². The summed E-state index contributed by atoms with van der Waals surface area (Å²) in [5.74, 6) is 3.21. The van der Waals surface area contributed by atoms with E-state index < -0.39 is 11.2 Å². The van der Waals surface area contributed by atoms with Crippen molar-refractivity contribution in [2.75, 3.05) is 0 Å². The number of rotatable bonds is 1. The van der Waals surface area contributed by atoms with Crippen LogP contribution in [0.4, 0.5) is 0 Å². The van der Waals surface area contributed by atoms with Crippen molar-refractivity contribution in [3.63, 3.8) is 0 Å². The van der Waals surface area contributed by atoms with E-state index in [1.54, 1.807) is 0 Å². The molecule has 1 saturated heterocycles. The summed E-state index contributed by atoms with van der Waals surface area (Å²) in [5, 5.41) is 12.5.